The molecule has 2 aromatic heterocycles. The van der Waals surface area contributed by atoms with Gasteiger partial charge in [-0.15, -0.1) is 11.3 Å². The van der Waals surface area contributed by atoms with Crippen LogP contribution in [0.5, 0.6) is 5.75 Å². The second kappa shape index (κ2) is 10.1. The van der Waals surface area contributed by atoms with Gasteiger partial charge in [0.1, 0.15) is 5.75 Å². The minimum absolute atomic E-state index is 0.170. The fourth-order valence-corrected chi connectivity index (χ4v) is 6.63. The summed E-state index contributed by atoms with van der Waals surface area (Å²) in [5.41, 5.74) is 2.32. The van der Waals surface area contributed by atoms with Crippen LogP contribution in [0.2, 0.25) is 0 Å². The summed E-state index contributed by atoms with van der Waals surface area (Å²) in [6.45, 7) is 7.78. The number of amides is 1. The molecule has 1 aromatic carbocycles. The van der Waals surface area contributed by atoms with Gasteiger partial charge in [0.15, 0.2) is 5.13 Å². The Hall–Kier alpha value is -2.34. The molecular weight excluding hydrogens is 468 g/mol. The summed E-state index contributed by atoms with van der Waals surface area (Å²) in [6.07, 6.45) is 0.436. The highest BCUT2D eigenvalue weighted by Crippen LogP contribution is 2.34. The third-order valence-corrected chi connectivity index (χ3v) is 8.79. The van der Waals surface area contributed by atoms with Gasteiger partial charge in [-0.2, -0.15) is 4.31 Å². The van der Waals surface area contributed by atoms with Crippen LogP contribution in [0.3, 0.4) is 0 Å². The molecule has 0 fully saturated rings. The van der Waals surface area contributed by atoms with E-state index in [-0.39, 0.29) is 10.8 Å². The number of methoxy groups -OCH3 is 1. The minimum Gasteiger partial charge on any atom is -0.496 e. The number of rotatable bonds is 9. The second-order valence-electron chi connectivity index (χ2n) is 6.98. The molecule has 0 radical (unpaired) electrons. The fourth-order valence-electron chi connectivity index (χ4n) is 3.26. The van der Waals surface area contributed by atoms with E-state index >= 15 is 0 Å². The zero-order valence-electron chi connectivity index (χ0n) is 18.6. The molecule has 11 heteroatoms. The molecule has 172 valence electrons. The number of aryl methyl sites for hydroxylation is 1. The van der Waals surface area contributed by atoms with Crippen molar-refractivity contribution in [1.29, 1.82) is 0 Å². The first-order valence-electron chi connectivity index (χ1n) is 10.1. The van der Waals surface area contributed by atoms with Crippen LogP contribution in [-0.4, -0.2) is 48.8 Å². The first-order valence-corrected chi connectivity index (χ1v) is 13.2. The lowest BCUT2D eigenvalue weighted by Crippen LogP contribution is -2.30. The maximum Gasteiger partial charge on any atom is 0.243 e. The Morgan fingerprint density at radius 3 is 2.56 bits per heavy atom. The minimum atomic E-state index is -3.57. The summed E-state index contributed by atoms with van der Waals surface area (Å²) >= 11 is 2.86. The molecule has 0 unspecified atom stereocenters. The van der Waals surface area contributed by atoms with E-state index in [9.17, 15) is 13.2 Å². The summed E-state index contributed by atoms with van der Waals surface area (Å²) < 4.78 is 32.8. The molecule has 2 heterocycles. The normalized spacial score (nSPS) is 11.7. The molecule has 1 amide bonds. The molecule has 32 heavy (non-hydrogen) atoms. The molecule has 0 atom stereocenters. The molecule has 0 bridgehead atoms. The molecule has 0 aliphatic carbocycles. The molecule has 8 nitrogen and oxygen atoms in total. The molecular formula is C21H26N4O4S3. The number of sulfonamides is 1. The number of hydrogen-bond acceptors (Lipinski definition) is 8. The van der Waals surface area contributed by atoms with Crippen molar-refractivity contribution in [3.8, 4) is 16.3 Å². The molecule has 0 aliphatic rings. The van der Waals surface area contributed by atoms with Crippen molar-refractivity contribution in [3.63, 3.8) is 0 Å². The summed E-state index contributed by atoms with van der Waals surface area (Å²) in [7, 11) is -2.01. The van der Waals surface area contributed by atoms with E-state index in [0.29, 0.717) is 30.4 Å². The lowest BCUT2D eigenvalue weighted by molar-refractivity contribution is -0.114. The molecule has 3 rings (SSSR count). The van der Waals surface area contributed by atoms with Crippen molar-refractivity contribution in [2.45, 2.75) is 39.0 Å². The van der Waals surface area contributed by atoms with Crippen molar-refractivity contribution < 1.29 is 17.9 Å². The van der Waals surface area contributed by atoms with E-state index in [4.69, 9.17) is 9.72 Å². The number of thiazole rings is 2. The van der Waals surface area contributed by atoms with Crippen molar-refractivity contribution in [2.75, 3.05) is 25.5 Å². The summed E-state index contributed by atoms with van der Waals surface area (Å²) in [5, 5.41) is 6.01. The Balaban J connectivity index is 1.91. The van der Waals surface area contributed by atoms with Crippen LogP contribution in [0.15, 0.2) is 28.5 Å². The van der Waals surface area contributed by atoms with Crippen LogP contribution >= 0.6 is 22.7 Å². The number of carbonyl (C=O) groups excluding carboxylic acids is 1. The van der Waals surface area contributed by atoms with Gasteiger partial charge >= 0.3 is 0 Å². The SMILES string of the molecule is CCN(CC)S(=O)(=O)c1ccc(OC)c(Cc2nc(-c3sc(NC(C)=O)nc3C)cs2)c1. The van der Waals surface area contributed by atoms with Gasteiger partial charge in [0, 0.05) is 37.4 Å². The topological polar surface area (TPSA) is 101 Å². The van der Waals surface area contributed by atoms with Gasteiger partial charge in [-0.25, -0.2) is 18.4 Å². The number of nitrogens with one attached hydrogen (secondary N) is 1. The predicted octanol–water partition coefficient (Wildman–Crippen LogP) is 4.16. The van der Waals surface area contributed by atoms with Gasteiger partial charge in [-0.05, 0) is 25.1 Å². The Kier molecular flexibility index (Phi) is 7.65. The second-order valence-corrected chi connectivity index (χ2v) is 10.9. The quantitative estimate of drug-likeness (QED) is 0.479. The smallest absolute Gasteiger partial charge is 0.243 e. The number of nitrogens with zero attached hydrogens (tertiary/aromatic N) is 3. The van der Waals surface area contributed by atoms with Gasteiger partial charge in [0.2, 0.25) is 15.9 Å². The molecule has 0 spiro atoms. The van der Waals surface area contributed by atoms with Crippen LogP contribution in [0.4, 0.5) is 5.13 Å². The lowest BCUT2D eigenvalue weighted by Gasteiger charge is -2.19. The van der Waals surface area contributed by atoms with Gasteiger partial charge in [0.05, 0.1) is 33.3 Å². The van der Waals surface area contributed by atoms with Crippen molar-refractivity contribution in [2.24, 2.45) is 0 Å². The fraction of sp³-hybridized carbons (Fsp3) is 0.381. The number of ether oxygens (including phenoxy) is 1. The van der Waals surface area contributed by atoms with E-state index in [1.165, 1.54) is 33.9 Å². The number of benzene rings is 1. The zero-order valence-corrected chi connectivity index (χ0v) is 21.1. The Bertz CT molecular complexity index is 1210. The highest BCUT2D eigenvalue weighted by molar-refractivity contribution is 7.89. The standard InChI is InChI=1S/C21H26N4O4S3/c1-6-25(7-2)32(27,28)16-8-9-18(29-5)15(10-16)11-19-24-17(12-30-19)20-13(3)22-21(31-20)23-14(4)26/h8-10,12H,6-7,11H2,1-5H3,(H,22,23,26). The first-order chi connectivity index (χ1) is 15.2. The largest absolute Gasteiger partial charge is 0.496 e. The van der Waals surface area contributed by atoms with Gasteiger partial charge in [-0.1, -0.05) is 25.2 Å². The van der Waals surface area contributed by atoms with E-state index in [1.54, 1.807) is 25.3 Å². The molecule has 1 N–H and O–H groups in total. The predicted molar refractivity (Wildman–Crippen MR) is 128 cm³/mol. The molecule has 0 aliphatic heterocycles. The number of hydrogen-bond donors (Lipinski definition) is 1. The average molecular weight is 495 g/mol. The maximum atomic E-state index is 12.9. The van der Waals surface area contributed by atoms with Crippen LogP contribution in [-0.2, 0) is 21.2 Å². The Morgan fingerprint density at radius 1 is 1.22 bits per heavy atom. The summed E-state index contributed by atoms with van der Waals surface area (Å²) in [4.78, 5) is 21.5. The molecule has 0 saturated heterocycles. The van der Waals surface area contributed by atoms with Crippen molar-refractivity contribution >= 4 is 43.7 Å². The van der Waals surface area contributed by atoms with Crippen molar-refractivity contribution in [3.05, 3.63) is 39.8 Å². The van der Waals surface area contributed by atoms with Gasteiger partial charge in [-0.3, -0.25) is 4.79 Å². The number of carbonyl (C=O) groups is 1. The van der Waals surface area contributed by atoms with Crippen LogP contribution in [0.25, 0.3) is 10.6 Å². The monoisotopic (exact) mass is 494 g/mol. The lowest BCUT2D eigenvalue weighted by atomic mass is 10.1. The first kappa shape index (κ1) is 24.3. The molecule has 0 saturated carbocycles. The summed E-state index contributed by atoms with van der Waals surface area (Å²) in [5.74, 6) is 0.443. The third-order valence-electron chi connectivity index (χ3n) is 4.80. The van der Waals surface area contributed by atoms with E-state index in [0.717, 1.165) is 26.8 Å². The molecule has 3 aromatic rings. The van der Waals surface area contributed by atoms with Gasteiger partial charge in [0.25, 0.3) is 0 Å². The highest BCUT2D eigenvalue weighted by Gasteiger charge is 2.23. The van der Waals surface area contributed by atoms with E-state index in [1.807, 2.05) is 26.2 Å². The summed E-state index contributed by atoms with van der Waals surface area (Å²) in [6, 6.07) is 4.93. The number of anilines is 1. The zero-order chi connectivity index (χ0) is 23.5. The van der Waals surface area contributed by atoms with Crippen LogP contribution in [0.1, 0.15) is 37.0 Å². The number of aromatic nitrogens is 2. The third kappa shape index (κ3) is 5.17. The Labute approximate surface area is 196 Å². The van der Waals surface area contributed by atoms with Gasteiger partial charge < -0.3 is 10.1 Å². The van der Waals surface area contributed by atoms with E-state index < -0.39 is 10.0 Å². The van der Waals surface area contributed by atoms with Crippen molar-refractivity contribution in [1.82, 2.24) is 14.3 Å². The Morgan fingerprint density at radius 2 is 1.94 bits per heavy atom. The van der Waals surface area contributed by atoms with Crippen LogP contribution < -0.4 is 10.1 Å². The van der Waals surface area contributed by atoms with E-state index in [2.05, 4.69) is 10.3 Å². The highest BCUT2D eigenvalue weighted by atomic mass is 32.2. The van der Waals surface area contributed by atoms with Crippen LogP contribution in [0, 0.1) is 6.92 Å². The average Bonchev–Trinajstić information content (AvgIpc) is 3.34. The maximum absolute atomic E-state index is 12.9.